The summed E-state index contributed by atoms with van der Waals surface area (Å²) in [5, 5.41) is 10.9. The lowest BCUT2D eigenvalue weighted by molar-refractivity contribution is -0.139. The van der Waals surface area contributed by atoms with Crippen molar-refractivity contribution < 1.29 is 29.0 Å². The van der Waals surface area contributed by atoms with Crippen LogP contribution in [0.2, 0.25) is 0 Å². The third kappa shape index (κ3) is 4.72. The van der Waals surface area contributed by atoms with Crippen molar-refractivity contribution in [3.05, 3.63) is 62.5 Å². The smallest absolute Gasteiger partial charge is 0.341 e. The maximum atomic E-state index is 12.9. The molecule has 0 radical (unpaired) electrons. The number of hydrogen-bond acceptors (Lipinski definition) is 5. The van der Waals surface area contributed by atoms with Crippen LogP contribution in [-0.2, 0) is 14.4 Å². The second-order valence-corrected chi connectivity index (χ2v) is 7.63. The predicted octanol–water partition coefficient (Wildman–Crippen LogP) is 3.34. The molecule has 0 unspecified atom stereocenters. The first-order chi connectivity index (χ1) is 13.8. The Morgan fingerprint density at radius 1 is 1.07 bits per heavy atom. The van der Waals surface area contributed by atoms with Gasteiger partial charge in [0.2, 0.25) is 0 Å². The van der Waals surface area contributed by atoms with E-state index < -0.39 is 30.4 Å². The number of carboxylic acid groups (broad SMARTS) is 1. The maximum Gasteiger partial charge on any atom is 0.341 e. The number of halogens is 2. The number of urea groups is 1. The number of nitrogens with zero attached hydrogens (tertiary/aromatic N) is 1. The quantitative estimate of drug-likeness (QED) is 0.459. The summed E-state index contributed by atoms with van der Waals surface area (Å²) in [5.41, 5.74) is 0.278. The fourth-order valence-electron chi connectivity index (χ4n) is 2.54. The number of carbonyl (C=O) groups excluding carboxylic acids is 3. The summed E-state index contributed by atoms with van der Waals surface area (Å²) < 4.78 is 6.60. The molecule has 10 heteroatoms. The van der Waals surface area contributed by atoms with E-state index in [1.54, 1.807) is 36.4 Å². The Morgan fingerprint density at radius 2 is 1.72 bits per heavy atom. The van der Waals surface area contributed by atoms with Gasteiger partial charge < -0.3 is 9.84 Å². The molecule has 0 saturated carbocycles. The number of anilines is 1. The molecule has 1 aliphatic heterocycles. The Kier molecular flexibility index (Phi) is 6.14. The van der Waals surface area contributed by atoms with Crippen LogP contribution in [0.1, 0.15) is 5.56 Å². The summed E-state index contributed by atoms with van der Waals surface area (Å²) in [6.45, 7) is -0.596. The van der Waals surface area contributed by atoms with Crippen molar-refractivity contribution in [1.29, 1.82) is 0 Å². The molecule has 148 valence electrons. The lowest BCUT2D eigenvalue weighted by atomic mass is 10.1. The van der Waals surface area contributed by atoms with Gasteiger partial charge in [-0.15, -0.1) is 0 Å². The summed E-state index contributed by atoms with van der Waals surface area (Å²) in [7, 11) is 0. The van der Waals surface area contributed by atoms with Crippen molar-refractivity contribution in [3.8, 4) is 5.75 Å². The third-order valence-corrected chi connectivity index (χ3v) is 4.83. The standard InChI is InChI=1S/C19H12Br2N2O6/c20-11-1-4-13(5-2-11)23-18(27)14(17(26)22-19(23)28)8-10-7-12(21)3-6-15(10)29-9-16(24)25/h1-8H,9H2,(H,24,25)(H,22,26,28)/b14-8+. The van der Waals surface area contributed by atoms with Crippen LogP contribution in [0.5, 0.6) is 5.75 Å². The SMILES string of the molecule is O=C(O)COc1ccc(Br)cc1/C=C1\C(=O)NC(=O)N(c2ccc(Br)cc2)C1=O. The zero-order valence-electron chi connectivity index (χ0n) is 14.5. The number of imide groups is 2. The highest BCUT2D eigenvalue weighted by molar-refractivity contribution is 9.10. The van der Waals surface area contributed by atoms with Crippen LogP contribution >= 0.6 is 31.9 Å². The van der Waals surface area contributed by atoms with E-state index in [2.05, 4.69) is 37.2 Å². The number of carboxylic acids is 1. The van der Waals surface area contributed by atoms with E-state index in [-0.39, 0.29) is 17.0 Å². The van der Waals surface area contributed by atoms with E-state index in [9.17, 15) is 19.2 Å². The van der Waals surface area contributed by atoms with E-state index in [1.165, 1.54) is 12.1 Å². The van der Waals surface area contributed by atoms with Gasteiger partial charge in [0.15, 0.2) is 6.61 Å². The highest BCUT2D eigenvalue weighted by atomic mass is 79.9. The van der Waals surface area contributed by atoms with Crippen LogP contribution < -0.4 is 15.0 Å². The lowest BCUT2D eigenvalue weighted by Crippen LogP contribution is -2.54. The topological polar surface area (TPSA) is 113 Å². The van der Waals surface area contributed by atoms with Crippen molar-refractivity contribution in [2.45, 2.75) is 0 Å². The number of aliphatic carboxylic acids is 1. The van der Waals surface area contributed by atoms with Gasteiger partial charge in [-0.1, -0.05) is 31.9 Å². The van der Waals surface area contributed by atoms with Crippen LogP contribution in [0.25, 0.3) is 6.08 Å². The molecule has 29 heavy (non-hydrogen) atoms. The van der Waals surface area contributed by atoms with Crippen LogP contribution in [0.4, 0.5) is 10.5 Å². The summed E-state index contributed by atoms with van der Waals surface area (Å²) in [6, 6.07) is 10.2. The molecule has 2 aromatic carbocycles. The van der Waals surface area contributed by atoms with Crippen LogP contribution in [0.15, 0.2) is 57.0 Å². The van der Waals surface area contributed by atoms with Gasteiger partial charge in [-0.05, 0) is 48.5 Å². The van der Waals surface area contributed by atoms with Crippen molar-refractivity contribution in [1.82, 2.24) is 5.32 Å². The number of carbonyl (C=O) groups is 4. The molecule has 0 aliphatic carbocycles. The Bertz CT molecular complexity index is 1050. The molecule has 1 aliphatic rings. The zero-order valence-corrected chi connectivity index (χ0v) is 17.7. The molecule has 0 bridgehead atoms. The van der Waals surface area contributed by atoms with Gasteiger partial charge in [-0.3, -0.25) is 14.9 Å². The Hall–Kier alpha value is -2.98. The zero-order chi connectivity index (χ0) is 21.1. The van der Waals surface area contributed by atoms with Gasteiger partial charge in [-0.25, -0.2) is 14.5 Å². The molecular formula is C19H12Br2N2O6. The largest absolute Gasteiger partial charge is 0.481 e. The van der Waals surface area contributed by atoms with Gasteiger partial charge >= 0.3 is 12.0 Å². The predicted molar refractivity (Wildman–Crippen MR) is 110 cm³/mol. The molecule has 0 atom stereocenters. The second kappa shape index (κ2) is 8.58. The third-order valence-electron chi connectivity index (χ3n) is 3.81. The van der Waals surface area contributed by atoms with Gasteiger partial charge in [0.25, 0.3) is 11.8 Å². The average Bonchev–Trinajstić information content (AvgIpc) is 2.65. The van der Waals surface area contributed by atoms with Gasteiger partial charge in [0.05, 0.1) is 5.69 Å². The molecular weight excluding hydrogens is 512 g/mol. The number of amides is 4. The van der Waals surface area contributed by atoms with E-state index in [4.69, 9.17) is 9.84 Å². The monoisotopic (exact) mass is 522 g/mol. The average molecular weight is 524 g/mol. The van der Waals surface area contributed by atoms with Gasteiger partial charge in [0, 0.05) is 14.5 Å². The fourth-order valence-corrected chi connectivity index (χ4v) is 3.18. The second-order valence-electron chi connectivity index (χ2n) is 5.80. The highest BCUT2D eigenvalue weighted by Gasteiger charge is 2.37. The van der Waals surface area contributed by atoms with Crippen LogP contribution in [0.3, 0.4) is 0 Å². The summed E-state index contributed by atoms with van der Waals surface area (Å²) in [5.74, 6) is -2.69. The number of barbiturate groups is 1. The van der Waals surface area contributed by atoms with Crippen molar-refractivity contribution >= 4 is 67.4 Å². The molecule has 1 saturated heterocycles. The van der Waals surface area contributed by atoms with E-state index in [0.29, 0.717) is 10.0 Å². The molecule has 2 aromatic rings. The Morgan fingerprint density at radius 3 is 2.38 bits per heavy atom. The van der Waals surface area contributed by atoms with Crippen LogP contribution in [-0.4, -0.2) is 35.5 Å². The minimum absolute atomic E-state index is 0.163. The van der Waals surface area contributed by atoms with E-state index in [1.807, 2.05) is 0 Å². The maximum absolute atomic E-state index is 12.9. The minimum Gasteiger partial charge on any atom is -0.481 e. The fraction of sp³-hybridized carbons (Fsp3) is 0.0526. The number of rotatable bonds is 5. The van der Waals surface area contributed by atoms with Crippen molar-refractivity contribution in [2.75, 3.05) is 11.5 Å². The first kappa shape index (κ1) is 20.7. The summed E-state index contributed by atoms with van der Waals surface area (Å²) in [6.07, 6.45) is 1.25. The lowest BCUT2D eigenvalue weighted by Gasteiger charge is -2.26. The van der Waals surface area contributed by atoms with E-state index >= 15 is 0 Å². The van der Waals surface area contributed by atoms with E-state index in [0.717, 1.165) is 9.37 Å². The van der Waals surface area contributed by atoms with Crippen molar-refractivity contribution in [3.63, 3.8) is 0 Å². The summed E-state index contributed by atoms with van der Waals surface area (Å²) in [4.78, 5) is 49.1. The molecule has 8 nitrogen and oxygen atoms in total. The number of benzene rings is 2. The van der Waals surface area contributed by atoms with Gasteiger partial charge in [-0.2, -0.15) is 0 Å². The molecule has 1 heterocycles. The number of ether oxygens (including phenoxy) is 1. The molecule has 3 rings (SSSR count). The van der Waals surface area contributed by atoms with Crippen LogP contribution in [0, 0.1) is 0 Å². The first-order valence-electron chi connectivity index (χ1n) is 8.07. The Labute approximate surface area is 181 Å². The first-order valence-corrected chi connectivity index (χ1v) is 9.66. The number of nitrogens with one attached hydrogen (secondary N) is 1. The number of hydrogen-bond donors (Lipinski definition) is 2. The molecule has 1 fully saturated rings. The van der Waals surface area contributed by atoms with Crippen molar-refractivity contribution in [2.24, 2.45) is 0 Å². The minimum atomic E-state index is -1.18. The summed E-state index contributed by atoms with van der Waals surface area (Å²) >= 11 is 6.56. The molecule has 2 N–H and O–H groups in total. The normalized spacial score (nSPS) is 15.4. The van der Waals surface area contributed by atoms with Gasteiger partial charge in [0.1, 0.15) is 11.3 Å². The Balaban J connectivity index is 2.01. The molecule has 0 spiro atoms. The molecule has 4 amide bonds. The molecule has 0 aromatic heterocycles. The highest BCUT2D eigenvalue weighted by Crippen LogP contribution is 2.28.